The first kappa shape index (κ1) is 10.2. The fourth-order valence-electron chi connectivity index (χ4n) is 1.03. The number of hydrogen-bond donors (Lipinski definition) is 2. The molecule has 14 heavy (non-hydrogen) atoms. The summed E-state index contributed by atoms with van der Waals surface area (Å²) >= 11 is 0. The molecule has 0 unspecified atom stereocenters. The molecule has 0 aromatic carbocycles. The topological polar surface area (TPSA) is 72.2 Å². The molecular weight excluding hydrogens is 180 g/mol. The number of carbonyl (C=O) groups is 2. The Hall–Kier alpha value is -1.84. The van der Waals surface area contributed by atoms with E-state index in [-0.39, 0.29) is 12.3 Å². The molecule has 1 aliphatic carbocycles. The fraction of sp³-hybridized carbons (Fsp3) is 0.200. The summed E-state index contributed by atoms with van der Waals surface area (Å²) in [6.07, 6.45) is 9.84. The standard InChI is InChI=1S/C10H12N2O2/c11-9(13)7-10(14)12-8-5-3-1-2-4-6-8/h1,3-6H,2,7H2,(H2,11,13)(H,12,14). The molecule has 1 aliphatic rings. The van der Waals surface area contributed by atoms with Crippen molar-refractivity contribution in [2.45, 2.75) is 12.8 Å². The Morgan fingerprint density at radius 3 is 2.93 bits per heavy atom. The molecule has 4 heteroatoms. The molecule has 0 aromatic rings. The maximum atomic E-state index is 11.1. The van der Waals surface area contributed by atoms with Crippen molar-refractivity contribution >= 4 is 11.8 Å². The lowest BCUT2D eigenvalue weighted by molar-refractivity contribution is -0.127. The van der Waals surface area contributed by atoms with Crippen LogP contribution in [0.5, 0.6) is 0 Å². The van der Waals surface area contributed by atoms with E-state index in [4.69, 9.17) is 5.73 Å². The molecule has 0 atom stereocenters. The van der Waals surface area contributed by atoms with Gasteiger partial charge in [-0.25, -0.2) is 0 Å². The van der Waals surface area contributed by atoms with Crippen LogP contribution in [0.3, 0.4) is 0 Å². The smallest absolute Gasteiger partial charge is 0.233 e. The zero-order chi connectivity index (χ0) is 10.4. The molecule has 0 saturated heterocycles. The lowest BCUT2D eigenvalue weighted by Gasteiger charge is -2.02. The first-order valence-electron chi connectivity index (χ1n) is 4.30. The molecule has 0 fully saturated rings. The maximum Gasteiger partial charge on any atom is 0.233 e. The molecule has 0 saturated carbocycles. The monoisotopic (exact) mass is 192 g/mol. The van der Waals surface area contributed by atoms with Gasteiger partial charge < -0.3 is 11.1 Å². The predicted molar refractivity (Wildman–Crippen MR) is 52.9 cm³/mol. The van der Waals surface area contributed by atoms with Gasteiger partial charge in [-0.15, -0.1) is 0 Å². The molecule has 0 aromatic heterocycles. The van der Waals surface area contributed by atoms with Gasteiger partial charge in [0, 0.05) is 5.70 Å². The number of allylic oxidation sites excluding steroid dienone is 5. The van der Waals surface area contributed by atoms with Gasteiger partial charge in [0.1, 0.15) is 6.42 Å². The van der Waals surface area contributed by atoms with Gasteiger partial charge in [-0.05, 0) is 18.6 Å². The van der Waals surface area contributed by atoms with Crippen molar-refractivity contribution in [1.29, 1.82) is 0 Å². The summed E-state index contributed by atoms with van der Waals surface area (Å²) in [5.74, 6) is -1.01. The third kappa shape index (κ3) is 3.71. The average molecular weight is 192 g/mol. The van der Waals surface area contributed by atoms with Crippen LogP contribution in [0.4, 0.5) is 0 Å². The number of rotatable bonds is 3. The summed E-state index contributed by atoms with van der Waals surface area (Å²) < 4.78 is 0. The van der Waals surface area contributed by atoms with Gasteiger partial charge in [0.05, 0.1) is 0 Å². The molecule has 0 radical (unpaired) electrons. The van der Waals surface area contributed by atoms with Crippen LogP contribution in [0.25, 0.3) is 0 Å². The van der Waals surface area contributed by atoms with Crippen molar-refractivity contribution in [1.82, 2.24) is 5.32 Å². The minimum absolute atomic E-state index is 0.283. The first-order valence-corrected chi connectivity index (χ1v) is 4.30. The van der Waals surface area contributed by atoms with Gasteiger partial charge >= 0.3 is 0 Å². The molecule has 1 rings (SSSR count). The Bertz CT molecular complexity index is 327. The van der Waals surface area contributed by atoms with Gasteiger partial charge in [0.25, 0.3) is 0 Å². The Morgan fingerprint density at radius 1 is 1.43 bits per heavy atom. The molecule has 0 heterocycles. The first-order chi connectivity index (χ1) is 6.68. The summed E-state index contributed by atoms with van der Waals surface area (Å²) in [4.78, 5) is 21.6. The van der Waals surface area contributed by atoms with Crippen molar-refractivity contribution < 1.29 is 9.59 Å². The second kappa shape index (κ2) is 5.01. The molecule has 74 valence electrons. The largest absolute Gasteiger partial charge is 0.369 e. The Morgan fingerprint density at radius 2 is 2.21 bits per heavy atom. The van der Waals surface area contributed by atoms with Gasteiger partial charge in [-0.3, -0.25) is 9.59 Å². The number of amides is 2. The van der Waals surface area contributed by atoms with Crippen molar-refractivity contribution in [3.05, 3.63) is 36.1 Å². The van der Waals surface area contributed by atoms with Gasteiger partial charge in [0.15, 0.2) is 0 Å². The van der Waals surface area contributed by atoms with E-state index in [0.29, 0.717) is 5.70 Å². The number of nitrogens with one attached hydrogen (secondary N) is 1. The molecule has 2 amide bonds. The van der Waals surface area contributed by atoms with E-state index in [0.717, 1.165) is 6.42 Å². The average Bonchev–Trinajstić information content (AvgIpc) is 2.31. The predicted octanol–water partition coefficient (Wildman–Crippen LogP) is 0.378. The summed E-state index contributed by atoms with van der Waals surface area (Å²) in [6, 6.07) is 0. The van der Waals surface area contributed by atoms with E-state index in [1.54, 1.807) is 12.2 Å². The van der Waals surface area contributed by atoms with Crippen LogP contribution in [0.2, 0.25) is 0 Å². The fourth-order valence-corrected chi connectivity index (χ4v) is 1.03. The van der Waals surface area contributed by atoms with Crippen LogP contribution in [-0.2, 0) is 9.59 Å². The van der Waals surface area contributed by atoms with Crippen LogP contribution in [-0.4, -0.2) is 11.8 Å². The van der Waals surface area contributed by atoms with Crippen LogP contribution < -0.4 is 11.1 Å². The van der Waals surface area contributed by atoms with Crippen molar-refractivity contribution in [3.63, 3.8) is 0 Å². The van der Waals surface area contributed by atoms with Gasteiger partial charge in [-0.2, -0.15) is 0 Å². The van der Waals surface area contributed by atoms with E-state index < -0.39 is 5.91 Å². The SMILES string of the molecule is NC(=O)CC(=O)NC1=CC=CCC=C1. The minimum atomic E-state index is -0.628. The highest BCUT2D eigenvalue weighted by Crippen LogP contribution is 2.01. The Kier molecular flexibility index (Phi) is 3.67. The summed E-state index contributed by atoms with van der Waals surface area (Å²) in [7, 11) is 0. The number of carbonyl (C=O) groups excluding carboxylic acids is 2. The van der Waals surface area contributed by atoms with Crippen molar-refractivity contribution in [3.8, 4) is 0 Å². The lowest BCUT2D eigenvalue weighted by Crippen LogP contribution is -2.27. The highest BCUT2D eigenvalue weighted by atomic mass is 16.2. The molecule has 0 bridgehead atoms. The summed E-state index contributed by atoms with van der Waals surface area (Å²) in [5, 5.41) is 2.57. The van der Waals surface area contributed by atoms with E-state index in [9.17, 15) is 9.59 Å². The minimum Gasteiger partial charge on any atom is -0.369 e. The summed E-state index contributed by atoms with van der Waals surface area (Å²) in [5.41, 5.74) is 5.55. The van der Waals surface area contributed by atoms with E-state index in [1.165, 1.54) is 0 Å². The lowest BCUT2D eigenvalue weighted by atomic mass is 10.3. The second-order valence-electron chi connectivity index (χ2n) is 2.88. The van der Waals surface area contributed by atoms with Crippen molar-refractivity contribution in [2.75, 3.05) is 0 Å². The molecular formula is C10H12N2O2. The molecule has 4 nitrogen and oxygen atoms in total. The van der Waals surface area contributed by atoms with Crippen LogP contribution in [0.15, 0.2) is 36.1 Å². The van der Waals surface area contributed by atoms with E-state index >= 15 is 0 Å². The van der Waals surface area contributed by atoms with Gasteiger partial charge in [-0.1, -0.05) is 18.2 Å². The third-order valence-electron chi connectivity index (χ3n) is 1.60. The Labute approximate surface area is 82.2 Å². The van der Waals surface area contributed by atoms with Crippen LogP contribution in [0.1, 0.15) is 12.8 Å². The number of hydrogen-bond acceptors (Lipinski definition) is 2. The second-order valence-corrected chi connectivity index (χ2v) is 2.88. The number of nitrogens with two attached hydrogens (primary N) is 1. The molecule has 0 aliphatic heterocycles. The molecule has 0 spiro atoms. The molecule has 3 N–H and O–H groups in total. The highest BCUT2D eigenvalue weighted by Gasteiger charge is 2.05. The van der Waals surface area contributed by atoms with E-state index in [1.807, 2.05) is 18.2 Å². The maximum absolute atomic E-state index is 11.1. The van der Waals surface area contributed by atoms with Crippen LogP contribution >= 0.6 is 0 Å². The highest BCUT2D eigenvalue weighted by molar-refractivity contribution is 5.96. The zero-order valence-electron chi connectivity index (χ0n) is 7.69. The van der Waals surface area contributed by atoms with Crippen molar-refractivity contribution in [2.24, 2.45) is 5.73 Å². The normalized spacial score (nSPS) is 14.4. The number of primary amides is 1. The quantitative estimate of drug-likeness (QED) is 0.634. The Balaban J connectivity index is 2.51. The van der Waals surface area contributed by atoms with Gasteiger partial charge in [0.2, 0.25) is 11.8 Å². The zero-order valence-corrected chi connectivity index (χ0v) is 7.69. The van der Waals surface area contributed by atoms with Crippen LogP contribution in [0, 0.1) is 0 Å². The summed E-state index contributed by atoms with van der Waals surface area (Å²) in [6.45, 7) is 0. The third-order valence-corrected chi connectivity index (χ3v) is 1.60. The van der Waals surface area contributed by atoms with E-state index in [2.05, 4.69) is 5.32 Å².